The average molecular weight is 363 g/mol. The van der Waals surface area contributed by atoms with Gasteiger partial charge in [-0.05, 0) is 45.1 Å². The van der Waals surface area contributed by atoms with Crippen LogP contribution in [0.4, 0.5) is 4.79 Å². The number of hydrogen-bond donors (Lipinski definition) is 1. The van der Waals surface area contributed by atoms with Crippen molar-refractivity contribution in [1.29, 1.82) is 0 Å². The van der Waals surface area contributed by atoms with E-state index >= 15 is 0 Å². The minimum Gasteiger partial charge on any atom is -0.444 e. The molecule has 0 bridgehead atoms. The fourth-order valence-corrected chi connectivity index (χ4v) is 2.71. The molecule has 0 radical (unpaired) electrons. The first-order chi connectivity index (χ1) is 11.9. The zero-order chi connectivity index (χ0) is 20.0. The average Bonchev–Trinajstić information content (AvgIpc) is 2.51. The summed E-state index contributed by atoms with van der Waals surface area (Å²) in [5.41, 5.74) is 0.641. The lowest BCUT2D eigenvalue weighted by atomic mass is 9.80. The van der Waals surface area contributed by atoms with E-state index in [0.29, 0.717) is 13.0 Å². The predicted molar refractivity (Wildman–Crippen MR) is 105 cm³/mol. The number of nitrogens with zero attached hydrogens (tertiary/aromatic N) is 1. The molecule has 0 fully saturated rings. The van der Waals surface area contributed by atoms with Crippen molar-refractivity contribution in [2.75, 3.05) is 13.6 Å². The molecular formula is C21H34N2O3. The maximum atomic E-state index is 12.5. The fraction of sp³-hybridized carbons (Fsp3) is 0.619. The maximum Gasteiger partial charge on any atom is 0.407 e. The van der Waals surface area contributed by atoms with Crippen LogP contribution in [0.15, 0.2) is 30.3 Å². The van der Waals surface area contributed by atoms with Gasteiger partial charge in [-0.15, -0.1) is 0 Å². The molecule has 26 heavy (non-hydrogen) atoms. The molecule has 0 aliphatic rings. The molecule has 1 aromatic carbocycles. The molecule has 1 rings (SSSR count). The van der Waals surface area contributed by atoms with Crippen LogP contribution < -0.4 is 5.32 Å². The Balaban J connectivity index is 2.46. The number of carbonyl (C=O) groups is 2. The zero-order valence-electron chi connectivity index (χ0n) is 17.3. The van der Waals surface area contributed by atoms with E-state index in [0.717, 1.165) is 6.42 Å². The lowest BCUT2D eigenvalue weighted by Crippen LogP contribution is -2.44. The second kappa shape index (κ2) is 9.06. The quantitative estimate of drug-likeness (QED) is 0.794. The summed E-state index contributed by atoms with van der Waals surface area (Å²) in [6.45, 7) is 12.1. The third-order valence-electron chi connectivity index (χ3n) is 4.26. The van der Waals surface area contributed by atoms with Crippen LogP contribution in [-0.4, -0.2) is 42.1 Å². The minimum absolute atomic E-state index is 0.0574. The first-order valence-corrected chi connectivity index (χ1v) is 9.20. The van der Waals surface area contributed by atoms with Gasteiger partial charge >= 0.3 is 6.09 Å². The van der Waals surface area contributed by atoms with Crippen LogP contribution in [0.3, 0.4) is 0 Å². The van der Waals surface area contributed by atoms with Gasteiger partial charge < -0.3 is 15.0 Å². The van der Waals surface area contributed by atoms with Crippen molar-refractivity contribution in [3.05, 3.63) is 35.9 Å². The molecule has 0 aliphatic heterocycles. The number of hydrogen-bond acceptors (Lipinski definition) is 3. The largest absolute Gasteiger partial charge is 0.444 e. The fourth-order valence-electron chi connectivity index (χ4n) is 2.71. The molecule has 2 amide bonds. The number of rotatable bonds is 7. The Morgan fingerprint density at radius 2 is 1.69 bits per heavy atom. The van der Waals surface area contributed by atoms with E-state index in [1.54, 1.807) is 11.9 Å². The van der Waals surface area contributed by atoms with E-state index < -0.39 is 11.7 Å². The van der Waals surface area contributed by atoms with Crippen LogP contribution in [0.1, 0.15) is 59.9 Å². The van der Waals surface area contributed by atoms with Crippen LogP contribution in [-0.2, 0) is 14.9 Å². The lowest BCUT2D eigenvalue weighted by molar-refractivity contribution is -0.130. The summed E-state index contributed by atoms with van der Waals surface area (Å²) >= 11 is 0. The predicted octanol–water partition coefficient (Wildman–Crippen LogP) is 4.12. The molecule has 0 aromatic heterocycles. The van der Waals surface area contributed by atoms with E-state index in [2.05, 4.69) is 31.3 Å². The van der Waals surface area contributed by atoms with Gasteiger partial charge in [0.05, 0.1) is 0 Å². The van der Waals surface area contributed by atoms with Crippen molar-refractivity contribution in [2.45, 2.75) is 71.4 Å². The summed E-state index contributed by atoms with van der Waals surface area (Å²) in [6.07, 6.45) is 0.780. The van der Waals surface area contributed by atoms with Crippen LogP contribution in [0, 0.1) is 0 Å². The van der Waals surface area contributed by atoms with Crippen LogP contribution in [0.25, 0.3) is 0 Å². The Bertz CT molecular complexity index is 591. The normalized spacial score (nSPS) is 13.0. The topological polar surface area (TPSA) is 58.6 Å². The highest BCUT2D eigenvalue weighted by Crippen LogP contribution is 2.28. The highest BCUT2D eigenvalue weighted by atomic mass is 16.6. The second-order valence-corrected chi connectivity index (χ2v) is 8.57. The Labute approximate surface area is 158 Å². The second-order valence-electron chi connectivity index (χ2n) is 8.57. The third-order valence-corrected chi connectivity index (χ3v) is 4.26. The first kappa shape index (κ1) is 22.0. The van der Waals surface area contributed by atoms with E-state index in [1.807, 2.05) is 45.9 Å². The van der Waals surface area contributed by atoms with Gasteiger partial charge in [0.1, 0.15) is 5.60 Å². The molecular weight excluding hydrogens is 328 g/mol. The third kappa shape index (κ3) is 7.89. The van der Waals surface area contributed by atoms with Gasteiger partial charge in [0, 0.05) is 26.1 Å². The van der Waals surface area contributed by atoms with E-state index in [1.165, 1.54) is 5.56 Å². The summed E-state index contributed by atoms with van der Waals surface area (Å²) in [4.78, 5) is 25.9. The number of amides is 2. The van der Waals surface area contributed by atoms with E-state index in [9.17, 15) is 9.59 Å². The van der Waals surface area contributed by atoms with Crippen molar-refractivity contribution in [2.24, 2.45) is 0 Å². The monoisotopic (exact) mass is 362 g/mol. The molecule has 0 saturated heterocycles. The summed E-state index contributed by atoms with van der Waals surface area (Å²) < 4.78 is 5.24. The number of benzene rings is 1. The summed E-state index contributed by atoms with van der Waals surface area (Å²) in [5, 5.41) is 2.77. The highest BCUT2D eigenvalue weighted by Gasteiger charge is 2.23. The molecule has 0 spiro atoms. The van der Waals surface area contributed by atoms with Crippen molar-refractivity contribution in [3.63, 3.8) is 0 Å². The van der Waals surface area contributed by atoms with Crippen molar-refractivity contribution >= 4 is 12.0 Å². The lowest BCUT2D eigenvalue weighted by Gasteiger charge is -2.28. The maximum absolute atomic E-state index is 12.5. The molecule has 5 nitrogen and oxygen atoms in total. The molecule has 1 aromatic rings. The Kier molecular flexibility index (Phi) is 7.67. The van der Waals surface area contributed by atoms with Crippen molar-refractivity contribution < 1.29 is 14.3 Å². The summed E-state index contributed by atoms with van der Waals surface area (Å²) in [7, 11) is 1.77. The standard InChI is InChI=1S/C21H34N2O3/c1-16(22-19(25)26-20(2,3)4)15-23(7)18(24)13-14-21(5,6)17-11-9-8-10-12-17/h8-12,16H,13-15H2,1-7H3,(H,22,25). The molecule has 1 unspecified atom stereocenters. The molecule has 1 N–H and O–H groups in total. The Hall–Kier alpha value is -2.04. The Morgan fingerprint density at radius 3 is 2.23 bits per heavy atom. The van der Waals surface area contributed by atoms with E-state index in [4.69, 9.17) is 4.74 Å². The zero-order valence-corrected chi connectivity index (χ0v) is 17.3. The first-order valence-electron chi connectivity index (χ1n) is 9.20. The van der Waals surface area contributed by atoms with Crippen molar-refractivity contribution in [1.82, 2.24) is 10.2 Å². The summed E-state index contributed by atoms with van der Waals surface area (Å²) in [5.74, 6) is 0.0758. The molecule has 0 saturated carbocycles. The number of alkyl carbamates (subject to hydrolysis) is 1. The van der Waals surface area contributed by atoms with Crippen LogP contribution >= 0.6 is 0 Å². The number of carbonyl (C=O) groups excluding carboxylic acids is 2. The van der Waals surface area contributed by atoms with Gasteiger partial charge in [-0.2, -0.15) is 0 Å². The number of ether oxygens (including phenoxy) is 1. The molecule has 1 atom stereocenters. The van der Waals surface area contributed by atoms with Gasteiger partial charge in [-0.3, -0.25) is 4.79 Å². The molecule has 0 aliphatic carbocycles. The number of nitrogens with one attached hydrogen (secondary N) is 1. The van der Waals surface area contributed by atoms with Crippen molar-refractivity contribution in [3.8, 4) is 0 Å². The van der Waals surface area contributed by atoms with E-state index in [-0.39, 0.29) is 17.4 Å². The molecule has 146 valence electrons. The number of likely N-dealkylation sites (N-methyl/N-ethyl adjacent to an activating group) is 1. The molecule has 0 heterocycles. The van der Waals surface area contributed by atoms with Crippen LogP contribution in [0.5, 0.6) is 0 Å². The summed E-state index contributed by atoms with van der Waals surface area (Å²) in [6, 6.07) is 10.1. The van der Waals surface area contributed by atoms with Gasteiger partial charge in [0.2, 0.25) is 5.91 Å². The van der Waals surface area contributed by atoms with Gasteiger partial charge in [0.15, 0.2) is 0 Å². The van der Waals surface area contributed by atoms with Gasteiger partial charge in [-0.25, -0.2) is 4.79 Å². The smallest absolute Gasteiger partial charge is 0.407 e. The van der Waals surface area contributed by atoms with Gasteiger partial charge in [-0.1, -0.05) is 44.2 Å². The Morgan fingerprint density at radius 1 is 1.12 bits per heavy atom. The van der Waals surface area contributed by atoms with Crippen LogP contribution in [0.2, 0.25) is 0 Å². The van der Waals surface area contributed by atoms with Gasteiger partial charge in [0.25, 0.3) is 0 Å². The highest BCUT2D eigenvalue weighted by molar-refractivity contribution is 5.76. The SMILES string of the molecule is CC(CN(C)C(=O)CCC(C)(C)c1ccccc1)NC(=O)OC(C)(C)C. The minimum atomic E-state index is -0.533. The molecule has 5 heteroatoms.